The van der Waals surface area contributed by atoms with Gasteiger partial charge >= 0.3 is 0 Å². The van der Waals surface area contributed by atoms with E-state index in [1.165, 1.54) is 18.2 Å². The molecule has 2 aromatic carbocycles. The number of amides is 3. The molecule has 0 atom stereocenters. The zero-order valence-electron chi connectivity index (χ0n) is 17.5. The zero-order valence-corrected chi connectivity index (χ0v) is 17.5. The number of hydrogen-bond donors (Lipinski definition) is 1. The summed E-state index contributed by atoms with van der Waals surface area (Å²) < 4.78 is 5.47. The fourth-order valence-corrected chi connectivity index (χ4v) is 3.60. The molecule has 0 aliphatic carbocycles. The van der Waals surface area contributed by atoms with Crippen LogP contribution in [0, 0.1) is 39.0 Å². The Morgan fingerprint density at radius 2 is 1.71 bits per heavy atom. The van der Waals surface area contributed by atoms with Gasteiger partial charge in [0.15, 0.2) is 0 Å². The van der Waals surface area contributed by atoms with Crippen molar-refractivity contribution in [3.63, 3.8) is 0 Å². The highest BCUT2D eigenvalue weighted by Crippen LogP contribution is 2.32. The Labute approximate surface area is 178 Å². The second kappa shape index (κ2) is 7.26. The maximum Gasteiger partial charge on any atom is 0.266 e. The third kappa shape index (κ3) is 3.09. The highest BCUT2D eigenvalue weighted by Gasteiger charge is 2.38. The molecule has 1 aromatic heterocycles. The van der Waals surface area contributed by atoms with Crippen LogP contribution in [0.4, 0.5) is 11.6 Å². The number of rotatable bonds is 3. The van der Waals surface area contributed by atoms with Crippen LogP contribution in [-0.2, 0) is 0 Å². The smallest absolute Gasteiger partial charge is 0.266 e. The molecule has 7 nitrogen and oxygen atoms in total. The molecule has 3 amide bonds. The number of benzene rings is 2. The summed E-state index contributed by atoms with van der Waals surface area (Å²) in [5.74, 6) is -0.859. The lowest BCUT2D eigenvalue weighted by Crippen LogP contribution is -2.30. The topological polar surface area (TPSA) is 103 Å². The Bertz CT molecular complexity index is 1330. The summed E-state index contributed by atoms with van der Waals surface area (Å²) in [6.07, 6.45) is 0. The van der Waals surface area contributed by atoms with Crippen LogP contribution >= 0.6 is 0 Å². The molecule has 1 N–H and O–H groups in total. The molecule has 31 heavy (non-hydrogen) atoms. The molecule has 154 valence electrons. The Morgan fingerprint density at radius 1 is 1.00 bits per heavy atom. The second-order valence-electron chi connectivity index (χ2n) is 7.48. The highest BCUT2D eigenvalue weighted by atomic mass is 16.4. The molecule has 1 aliphatic rings. The molecule has 0 saturated heterocycles. The third-order valence-corrected chi connectivity index (χ3v) is 5.69. The van der Waals surface area contributed by atoms with Crippen LogP contribution in [0.5, 0.6) is 0 Å². The number of fused-ring (bicyclic) bond motifs is 1. The van der Waals surface area contributed by atoms with E-state index < -0.39 is 17.7 Å². The summed E-state index contributed by atoms with van der Waals surface area (Å²) >= 11 is 0. The van der Waals surface area contributed by atoms with E-state index >= 15 is 0 Å². The van der Waals surface area contributed by atoms with E-state index in [1.54, 1.807) is 26.0 Å². The van der Waals surface area contributed by atoms with E-state index in [1.807, 2.05) is 26.0 Å². The van der Waals surface area contributed by atoms with Gasteiger partial charge in [-0.3, -0.25) is 19.7 Å². The van der Waals surface area contributed by atoms with E-state index in [2.05, 4.69) is 5.32 Å². The number of carbonyl (C=O) groups is 3. The molecule has 0 spiro atoms. The van der Waals surface area contributed by atoms with Crippen molar-refractivity contribution >= 4 is 29.3 Å². The van der Waals surface area contributed by atoms with E-state index in [0.717, 1.165) is 16.0 Å². The van der Waals surface area contributed by atoms with Crippen molar-refractivity contribution in [2.75, 3.05) is 10.2 Å². The van der Waals surface area contributed by atoms with Gasteiger partial charge < -0.3 is 4.42 Å². The van der Waals surface area contributed by atoms with Crippen LogP contribution in [0.2, 0.25) is 0 Å². The third-order valence-electron chi connectivity index (χ3n) is 5.69. The van der Waals surface area contributed by atoms with Gasteiger partial charge in [0.25, 0.3) is 17.7 Å². The summed E-state index contributed by atoms with van der Waals surface area (Å²) in [5.41, 5.74) is 3.80. The number of carbonyl (C=O) groups excluding carboxylic acids is 3. The Morgan fingerprint density at radius 3 is 2.42 bits per heavy atom. The van der Waals surface area contributed by atoms with Crippen LogP contribution in [0.25, 0.3) is 0 Å². The van der Waals surface area contributed by atoms with Gasteiger partial charge in [0.1, 0.15) is 17.4 Å². The van der Waals surface area contributed by atoms with Gasteiger partial charge in [0, 0.05) is 11.1 Å². The Balaban J connectivity index is 1.68. The minimum atomic E-state index is -0.543. The fraction of sp³-hybridized carbons (Fsp3) is 0.167. The molecular formula is C24H19N3O4. The van der Waals surface area contributed by atoms with Crippen LogP contribution in [-0.4, -0.2) is 17.7 Å². The first-order valence-electron chi connectivity index (χ1n) is 9.65. The SMILES string of the molecule is Cc1cccc(N2C(=O)c3ccc(C(=O)Nc4oc(C)c(C)c4C#N)cc3C2=O)c1C. The van der Waals surface area contributed by atoms with Gasteiger partial charge in [-0.05, 0) is 63.1 Å². The zero-order chi connectivity index (χ0) is 22.4. The number of aryl methyl sites for hydroxylation is 2. The van der Waals surface area contributed by atoms with Gasteiger partial charge in [-0.25, -0.2) is 4.90 Å². The van der Waals surface area contributed by atoms with Gasteiger partial charge in [-0.2, -0.15) is 5.26 Å². The fourth-order valence-electron chi connectivity index (χ4n) is 3.60. The maximum absolute atomic E-state index is 13.1. The standard InChI is InChI=1S/C24H19N3O4/c1-12-6-5-7-20(13(12)2)27-23(29)17-9-8-16(10-18(17)24(27)30)21(28)26-22-19(11-25)14(3)15(4)31-22/h5-10H,1-4H3,(H,26,28). The first-order valence-corrected chi connectivity index (χ1v) is 9.65. The first kappa shape index (κ1) is 20.1. The molecule has 0 unspecified atom stereocenters. The molecule has 0 fully saturated rings. The summed E-state index contributed by atoms with van der Waals surface area (Å²) in [5, 5.41) is 11.9. The summed E-state index contributed by atoms with van der Waals surface area (Å²) in [6, 6.07) is 11.8. The van der Waals surface area contributed by atoms with Crippen LogP contribution in [0.15, 0.2) is 40.8 Å². The maximum atomic E-state index is 13.1. The van der Waals surface area contributed by atoms with Gasteiger partial charge in [0.05, 0.1) is 16.8 Å². The minimum absolute atomic E-state index is 0.0578. The second-order valence-corrected chi connectivity index (χ2v) is 7.48. The van der Waals surface area contributed by atoms with E-state index in [9.17, 15) is 19.6 Å². The normalized spacial score (nSPS) is 12.7. The van der Waals surface area contributed by atoms with Crippen molar-refractivity contribution in [1.29, 1.82) is 5.26 Å². The van der Waals surface area contributed by atoms with Crippen LogP contribution in [0.1, 0.15) is 59.1 Å². The summed E-state index contributed by atoms with van der Waals surface area (Å²) in [7, 11) is 0. The van der Waals surface area contributed by atoms with E-state index in [0.29, 0.717) is 17.0 Å². The Kier molecular flexibility index (Phi) is 4.71. The molecule has 0 radical (unpaired) electrons. The average molecular weight is 413 g/mol. The molecule has 0 saturated carbocycles. The molecule has 1 aliphatic heterocycles. The van der Waals surface area contributed by atoms with Crippen LogP contribution < -0.4 is 10.2 Å². The molecular weight excluding hydrogens is 394 g/mol. The number of nitriles is 1. The summed E-state index contributed by atoms with van der Waals surface area (Å²) in [6.45, 7) is 7.20. The monoisotopic (exact) mass is 413 g/mol. The average Bonchev–Trinajstić information content (AvgIpc) is 3.16. The number of furan rings is 1. The predicted molar refractivity (Wildman–Crippen MR) is 114 cm³/mol. The quantitative estimate of drug-likeness (QED) is 0.640. The number of hydrogen-bond acceptors (Lipinski definition) is 5. The lowest BCUT2D eigenvalue weighted by Gasteiger charge is -2.17. The van der Waals surface area contributed by atoms with E-state index in [-0.39, 0.29) is 28.1 Å². The molecule has 2 heterocycles. The summed E-state index contributed by atoms with van der Waals surface area (Å²) in [4.78, 5) is 39.9. The molecule has 4 rings (SSSR count). The Hall–Kier alpha value is -4.18. The van der Waals surface area contributed by atoms with Crippen molar-refractivity contribution in [2.24, 2.45) is 0 Å². The number of nitrogens with one attached hydrogen (secondary N) is 1. The minimum Gasteiger partial charge on any atom is -0.444 e. The van der Waals surface area contributed by atoms with Crippen molar-refractivity contribution in [1.82, 2.24) is 0 Å². The predicted octanol–water partition coefficient (Wildman–Crippen LogP) is 4.44. The number of imide groups is 1. The first-order chi connectivity index (χ1) is 14.7. The number of nitrogens with zero attached hydrogens (tertiary/aromatic N) is 2. The molecule has 3 aromatic rings. The van der Waals surface area contributed by atoms with Crippen molar-refractivity contribution in [2.45, 2.75) is 27.7 Å². The van der Waals surface area contributed by atoms with Crippen molar-refractivity contribution in [3.05, 3.63) is 81.1 Å². The van der Waals surface area contributed by atoms with Crippen LogP contribution in [0.3, 0.4) is 0 Å². The largest absolute Gasteiger partial charge is 0.444 e. The number of anilines is 2. The molecule has 7 heteroatoms. The molecule has 0 bridgehead atoms. The lowest BCUT2D eigenvalue weighted by molar-refractivity contribution is 0.0925. The highest BCUT2D eigenvalue weighted by molar-refractivity contribution is 6.35. The van der Waals surface area contributed by atoms with Gasteiger partial charge in [-0.1, -0.05) is 12.1 Å². The van der Waals surface area contributed by atoms with Crippen molar-refractivity contribution in [3.8, 4) is 6.07 Å². The lowest BCUT2D eigenvalue weighted by atomic mass is 10.1. The van der Waals surface area contributed by atoms with Gasteiger partial charge in [-0.15, -0.1) is 0 Å². The van der Waals surface area contributed by atoms with E-state index in [4.69, 9.17) is 4.42 Å². The van der Waals surface area contributed by atoms with Gasteiger partial charge in [0.2, 0.25) is 5.88 Å². The van der Waals surface area contributed by atoms with Crippen molar-refractivity contribution < 1.29 is 18.8 Å².